The number of carbonyl (C=O) groups is 1. The van der Waals surface area contributed by atoms with Gasteiger partial charge in [0, 0.05) is 38.0 Å². The van der Waals surface area contributed by atoms with Crippen molar-refractivity contribution in [3.8, 4) is 0 Å². The number of rotatable bonds is 12. The molecular formula is C26H50N6O12. The summed E-state index contributed by atoms with van der Waals surface area (Å²) in [5.74, 6) is -0.735. The molecule has 0 aromatic rings. The molecule has 18 nitrogen and oxygen atoms in total. The van der Waals surface area contributed by atoms with E-state index in [0.29, 0.717) is 19.4 Å². The van der Waals surface area contributed by atoms with Crippen molar-refractivity contribution in [1.82, 2.24) is 10.6 Å². The zero-order valence-electron chi connectivity index (χ0n) is 24.5. The number of hydrogen-bond acceptors (Lipinski definition) is 17. The first-order valence-electron chi connectivity index (χ1n) is 15.1. The standard InChI is InChI=1S/C26H50N6O12/c27-10-4-26(40,5-10)25(39)32-15-3-14(29)21(43-23-13(28)2-1-12(41-23)7-31-6-11(35)8-33)20(38)22(15)44-24-19(37)17(30)18(36)16(9-34)42-24/h10-24,31,33-38,40H,1-9,27-30H2,(H,32,39)/t10?,11?,12-,13+,14-,15+,16+,17-,18+,19+,20-,21?,22-,23+,24+,26?/m0/s1. The number of carbonyl (C=O) groups excluding carboxylic acids is 1. The molecule has 2 heterocycles. The second-order valence-electron chi connectivity index (χ2n) is 12.5. The maximum absolute atomic E-state index is 13.0. The number of hydrogen-bond donors (Lipinski definition) is 13. The Bertz CT molecular complexity index is 934. The summed E-state index contributed by atoms with van der Waals surface area (Å²) in [6.07, 6.45) is -10.8. The van der Waals surface area contributed by atoms with E-state index < -0.39 is 97.6 Å². The molecule has 44 heavy (non-hydrogen) atoms. The van der Waals surface area contributed by atoms with Crippen LogP contribution in [0, 0.1) is 0 Å². The fraction of sp³-hybridized carbons (Fsp3) is 0.962. The van der Waals surface area contributed by atoms with Crippen LogP contribution in [-0.2, 0) is 23.7 Å². The van der Waals surface area contributed by atoms with Crippen LogP contribution in [0.1, 0.15) is 32.1 Å². The third kappa shape index (κ3) is 8.03. The van der Waals surface area contributed by atoms with E-state index in [-0.39, 0.29) is 44.6 Å². The average molecular weight is 639 g/mol. The Morgan fingerprint density at radius 1 is 0.932 bits per heavy atom. The van der Waals surface area contributed by atoms with Crippen LogP contribution in [0.4, 0.5) is 0 Å². The van der Waals surface area contributed by atoms with Crippen molar-refractivity contribution < 1.29 is 59.5 Å². The van der Waals surface area contributed by atoms with Gasteiger partial charge in [0.1, 0.15) is 42.2 Å². The number of amides is 1. The Labute approximate surface area is 254 Å². The molecular weight excluding hydrogens is 588 g/mol. The van der Waals surface area contributed by atoms with E-state index >= 15 is 0 Å². The summed E-state index contributed by atoms with van der Waals surface area (Å²) in [5.41, 5.74) is 22.7. The van der Waals surface area contributed by atoms with Gasteiger partial charge in [-0.2, -0.15) is 0 Å². The van der Waals surface area contributed by atoms with Gasteiger partial charge < -0.3 is 88.3 Å². The van der Waals surface area contributed by atoms with Crippen LogP contribution < -0.4 is 33.6 Å². The molecule has 2 unspecified atom stereocenters. The Morgan fingerprint density at radius 2 is 1.61 bits per heavy atom. The van der Waals surface area contributed by atoms with Gasteiger partial charge >= 0.3 is 0 Å². The highest BCUT2D eigenvalue weighted by Crippen LogP contribution is 2.34. The van der Waals surface area contributed by atoms with Crippen molar-refractivity contribution in [3.63, 3.8) is 0 Å². The average Bonchev–Trinajstić information content (AvgIpc) is 2.97. The van der Waals surface area contributed by atoms with Crippen molar-refractivity contribution >= 4 is 5.91 Å². The van der Waals surface area contributed by atoms with Crippen LogP contribution in [-0.4, -0.2) is 165 Å². The lowest BCUT2D eigenvalue weighted by molar-refractivity contribution is -0.314. The molecule has 18 heteroatoms. The predicted octanol–water partition coefficient (Wildman–Crippen LogP) is -7.27. The third-order valence-corrected chi connectivity index (χ3v) is 8.94. The van der Waals surface area contributed by atoms with Crippen molar-refractivity contribution in [1.29, 1.82) is 0 Å². The summed E-state index contributed by atoms with van der Waals surface area (Å²) in [5, 5.41) is 77.1. The molecule has 0 radical (unpaired) electrons. The third-order valence-electron chi connectivity index (χ3n) is 8.94. The summed E-state index contributed by atoms with van der Waals surface area (Å²) < 4.78 is 23.7. The molecule has 256 valence electrons. The monoisotopic (exact) mass is 638 g/mol. The zero-order valence-corrected chi connectivity index (χ0v) is 24.5. The van der Waals surface area contributed by atoms with E-state index in [0.717, 1.165) is 0 Å². The second-order valence-corrected chi connectivity index (χ2v) is 12.5. The van der Waals surface area contributed by atoms with Crippen molar-refractivity contribution in [2.24, 2.45) is 22.9 Å². The summed E-state index contributed by atoms with van der Waals surface area (Å²) in [4.78, 5) is 13.0. The van der Waals surface area contributed by atoms with E-state index in [9.17, 15) is 35.4 Å². The maximum Gasteiger partial charge on any atom is 0.252 e. The van der Waals surface area contributed by atoms with Crippen LogP contribution in [0.5, 0.6) is 0 Å². The van der Waals surface area contributed by atoms with Gasteiger partial charge in [-0.1, -0.05) is 0 Å². The van der Waals surface area contributed by atoms with Crippen molar-refractivity contribution in [2.45, 2.75) is 129 Å². The Morgan fingerprint density at radius 3 is 2.25 bits per heavy atom. The molecule has 2 saturated carbocycles. The highest BCUT2D eigenvalue weighted by atomic mass is 16.7. The number of aliphatic hydroxyl groups is 7. The lowest BCUT2D eigenvalue weighted by Crippen LogP contribution is -2.70. The lowest BCUT2D eigenvalue weighted by Gasteiger charge is -2.49. The molecule has 17 N–H and O–H groups in total. The number of aliphatic hydroxyl groups excluding tert-OH is 6. The van der Waals surface area contributed by atoms with Gasteiger partial charge in [-0.3, -0.25) is 4.79 Å². The molecule has 14 atom stereocenters. The van der Waals surface area contributed by atoms with Gasteiger partial charge in [0.05, 0.1) is 43.5 Å². The van der Waals surface area contributed by atoms with Gasteiger partial charge in [0.25, 0.3) is 5.91 Å². The molecule has 4 aliphatic rings. The first kappa shape index (κ1) is 35.7. The van der Waals surface area contributed by atoms with E-state index in [1.807, 2.05) is 0 Å². The summed E-state index contributed by atoms with van der Waals surface area (Å²) in [6.45, 7) is -0.532. The van der Waals surface area contributed by atoms with Gasteiger partial charge in [-0.15, -0.1) is 0 Å². The minimum atomic E-state index is -1.71. The molecule has 2 aliphatic carbocycles. The van der Waals surface area contributed by atoms with Crippen molar-refractivity contribution in [2.75, 3.05) is 26.3 Å². The van der Waals surface area contributed by atoms with E-state index in [2.05, 4.69) is 10.6 Å². The topological polar surface area (TPSA) is 324 Å². The van der Waals surface area contributed by atoms with E-state index in [1.165, 1.54) is 0 Å². The summed E-state index contributed by atoms with van der Waals surface area (Å²) >= 11 is 0. The van der Waals surface area contributed by atoms with Crippen LogP contribution in [0.3, 0.4) is 0 Å². The Balaban J connectivity index is 1.49. The molecule has 4 fully saturated rings. The molecule has 0 aromatic carbocycles. The van der Waals surface area contributed by atoms with Crippen LogP contribution in [0.25, 0.3) is 0 Å². The minimum Gasteiger partial charge on any atom is -0.394 e. The zero-order chi connectivity index (χ0) is 32.3. The number of ether oxygens (including phenoxy) is 4. The number of nitrogens with two attached hydrogens (primary N) is 4. The van der Waals surface area contributed by atoms with Crippen LogP contribution in [0.15, 0.2) is 0 Å². The lowest BCUT2D eigenvalue weighted by atomic mass is 9.75. The molecule has 4 rings (SSSR count). The quantitative estimate of drug-likeness (QED) is 0.0943. The molecule has 1 amide bonds. The smallest absolute Gasteiger partial charge is 0.252 e. The Kier molecular flexibility index (Phi) is 12.3. The Hall–Kier alpha value is -1.17. The van der Waals surface area contributed by atoms with Gasteiger partial charge in [-0.05, 0) is 19.3 Å². The van der Waals surface area contributed by atoms with Gasteiger partial charge in [0.15, 0.2) is 12.6 Å². The van der Waals surface area contributed by atoms with E-state index in [1.54, 1.807) is 0 Å². The molecule has 2 aliphatic heterocycles. The highest BCUT2D eigenvalue weighted by molar-refractivity contribution is 5.86. The fourth-order valence-electron chi connectivity index (χ4n) is 6.20. The largest absolute Gasteiger partial charge is 0.394 e. The van der Waals surface area contributed by atoms with Gasteiger partial charge in [-0.25, -0.2) is 0 Å². The fourth-order valence-corrected chi connectivity index (χ4v) is 6.20. The van der Waals surface area contributed by atoms with Crippen molar-refractivity contribution in [3.05, 3.63) is 0 Å². The summed E-state index contributed by atoms with van der Waals surface area (Å²) in [6, 6.07) is -4.06. The highest BCUT2D eigenvalue weighted by Gasteiger charge is 2.53. The molecule has 0 aromatic heterocycles. The molecule has 0 bridgehead atoms. The SMILES string of the molecule is NC1CC(O)(C(=O)N[C@@H]2C[C@H](N)C(O[C@H]3O[C@H](CNCC(O)CO)CC[C@H]3N)[C@H](O)[C@H]2O[C@H]2O[C@H](CO)[C@@H](O)[C@H](N)[C@H]2O)C1. The first-order chi connectivity index (χ1) is 20.8. The molecule has 0 spiro atoms. The maximum atomic E-state index is 13.0. The number of nitrogens with one attached hydrogen (secondary N) is 2. The molecule has 2 saturated heterocycles. The summed E-state index contributed by atoms with van der Waals surface area (Å²) in [7, 11) is 0. The van der Waals surface area contributed by atoms with E-state index in [4.69, 9.17) is 47.0 Å². The second kappa shape index (κ2) is 15.2. The van der Waals surface area contributed by atoms with Gasteiger partial charge in [0.2, 0.25) is 0 Å². The normalized spacial score (nSPS) is 47.1. The van der Waals surface area contributed by atoms with Crippen LogP contribution >= 0.6 is 0 Å². The minimum absolute atomic E-state index is 0.00677. The van der Waals surface area contributed by atoms with Crippen LogP contribution in [0.2, 0.25) is 0 Å². The first-order valence-corrected chi connectivity index (χ1v) is 15.1. The predicted molar refractivity (Wildman–Crippen MR) is 150 cm³/mol.